The molecule has 1 aromatic heterocycles. The first kappa shape index (κ1) is 27.2. The van der Waals surface area contributed by atoms with Gasteiger partial charge in [0.1, 0.15) is 29.6 Å². The molecule has 0 saturated heterocycles. The van der Waals surface area contributed by atoms with Crippen LogP contribution in [-0.2, 0) is 17.8 Å². The Hall–Kier alpha value is -5.38. The molecule has 10 heteroatoms. The van der Waals surface area contributed by atoms with E-state index in [-0.39, 0.29) is 31.0 Å². The average molecular weight is 559 g/mol. The van der Waals surface area contributed by atoms with Gasteiger partial charge in [0.15, 0.2) is 11.5 Å². The Kier molecular flexibility index (Phi) is 7.82. The van der Waals surface area contributed by atoms with Crippen molar-refractivity contribution in [3.05, 3.63) is 95.0 Å². The summed E-state index contributed by atoms with van der Waals surface area (Å²) in [6.07, 6.45) is 2.93. The molecule has 4 aromatic rings. The van der Waals surface area contributed by atoms with Gasteiger partial charge in [-0.15, -0.1) is 0 Å². The number of fused-ring (bicyclic) bond motifs is 1. The number of hydrogen-bond acceptors (Lipinski definition) is 8. The van der Waals surface area contributed by atoms with Gasteiger partial charge in [-0.3, -0.25) is 0 Å². The third-order valence-corrected chi connectivity index (χ3v) is 6.54. The van der Waals surface area contributed by atoms with Crippen LogP contribution in [0.15, 0.2) is 76.9 Å². The van der Waals surface area contributed by atoms with E-state index in [4.69, 9.17) is 28.1 Å². The molecular formula is C31H26O10. The van der Waals surface area contributed by atoms with Crippen LogP contribution >= 0.6 is 0 Å². The maximum Gasteiger partial charge on any atom is 0.336 e. The summed E-state index contributed by atoms with van der Waals surface area (Å²) < 4.78 is 33.5. The molecule has 2 N–H and O–H groups in total. The number of methoxy groups -OCH3 is 2. The second-order valence-electron chi connectivity index (χ2n) is 8.98. The third-order valence-electron chi connectivity index (χ3n) is 6.54. The number of rotatable bonds is 11. The highest BCUT2D eigenvalue weighted by atomic mass is 16.7. The lowest BCUT2D eigenvalue weighted by molar-refractivity contribution is -0.132. The van der Waals surface area contributed by atoms with E-state index in [1.807, 2.05) is 0 Å². The molecule has 0 aliphatic carbocycles. The Morgan fingerprint density at radius 2 is 1.66 bits per heavy atom. The minimum Gasteiger partial charge on any atom is -0.497 e. The van der Waals surface area contributed by atoms with Gasteiger partial charge in [-0.1, -0.05) is 18.2 Å². The molecule has 0 amide bonds. The maximum atomic E-state index is 12.3. The summed E-state index contributed by atoms with van der Waals surface area (Å²) in [6, 6.07) is 16.8. The molecule has 210 valence electrons. The fraction of sp³-hybridized carbons (Fsp3) is 0.161. The van der Waals surface area contributed by atoms with Crippen molar-refractivity contribution in [2.24, 2.45) is 0 Å². The number of furan rings is 1. The van der Waals surface area contributed by atoms with Crippen molar-refractivity contribution >= 4 is 18.0 Å². The van der Waals surface area contributed by atoms with E-state index in [1.165, 1.54) is 32.6 Å². The fourth-order valence-corrected chi connectivity index (χ4v) is 4.48. The average Bonchev–Trinajstić information content (AvgIpc) is 3.64. The van der Waals surface area contributed by atoms with E-state index in [0.717, 1.165) is 0 Å². The summed E-state index contributed by atoms with van der Waals surface area (Å²) in [5.41, 5.74) is 2.45. The molecule has 0 atom stereocenters. The normalized spacial score (nSPS) is 12.2. The van der Waals surface area contributed by atoms with E-state index in [1.54, 1.807) is 54.6 Å². The van der Waals surface area contributed by atoms with Gasteiger partial charge in [0.25, 0.3) is 0 Å². The van der Waals surface area contributed by atoms with Crippen LogP contribution in [0, 0.1) is 0 Å². The van der Waals surface area contributed by atoms with Gasteiger partial charge in [-0.2, -0.15) is 0 Å². The van der Waals surface area contributed by atoms with E-state index in [9.17, 15) is 19.8 Å². The van der Waals surface area contributed by atoms with Crippen LogP contribution in [-0.4, -0.2) is 43.2 Å². The van der Waals surface area contributed by atoms with Gasteiger partial charge >= 0.3 is 11.9 Å². The number of benzene rings is 3. The van der Waals surface area contributed by atoms with Crippen LogP contribution < -0.4 is 23.7 Å². The van der Waals surface area contributed by atoms with Gasteiger partial charge in [-0.25, -0.2) is 9.59 Å². The molecule has 3 aromatic carbocycles. The minimum absolute atomic E-state index is 0.0179. The lowest BCUT2D eigenvalue weighted by Crippen LogP contribution is -2.06. The van der Waals surface area contributed by atoms with E-state index in [0.29, 0.717) is 56.8 Å². The summed E-state index contributed by atoms with van der Waals surface area (Å²) in [7, 11) is 3.02. The lowest BCUT2D eigenvalue weighted by Gasteiger charge is -2.14. The Morgan fingerprint density at radius 1 is 0.878 bits per heavy atom. The Balaban J connectivity index is 1.49. The van der Waals surface area contributed by atoms with E-state index in [2.05, 4.69) is 0 Å². The molecule has 0 saturated carbocycles. The number of aromatic carboxylic acids is 1. The molecule has 0 fully saturated rings. The minimum atomic E-state index is -1.14. The standard InChI is InChI=1S/C31H26O10/c1-36-21-7-8-23(27(14-21)39-16-18-5-3-4-6-22(18)31(34)35)24-9-10-38-26(24)13-20(30(32)33)11-19-12-28-29(41-17-40-28)15-25(19)37-2/h3-10,12-15H,11,16-17H2,1-2H3,(H,32,33)(H,34,35)/b20-13+. The molecule has 0 radical (unpaired) electrons. The fourth-order valence-electron chi connectivity index (χ4n) is 4.48. The van der Waals surface area contributed by atoms with Crippen LogP contribution in [0.3, 0.4) is 0 Å². The molecule has 10 nitrogen and oxygen atoms in total. The second-order valence-corrected chi connectivity index (χ2v) is 8.98. The Labute approximate surface area is 234 Å². The molecule has 0 unspecified atom stereocenters. The Bertz CT molecular complexity index is 1630. The van der Waals surface area contributed by atoms with Crippen LogP contribution in [0.5, 0.6) is 28.7 Å². The van der Waals surface area contributed by atoms with Crippen LogP contribution in [0.2, 0.25) is 0 Å². The van der Waals surface area contributed by atoms with Crippen molar-refractivity contribution in [2.75, 3.05) is 21.0 Å². The quantitative estimate of drug-likeness (QED) is 0.221. The first-order chi connectivity index (χ1) is 19.9. The molecule has 0 spiro atoms. The second kappa shape index (κ2) is 11.8. The first-order valence-corrected chi connectivity index (χ1v) is 12.5. The van der Waals surface area contributed by atoms with Crippen LogP contribution in [0.4, 0.5) is 0 Å². The molecule has 1 aliphatic rings. The molecule has 0 bridgehead atoms. The molecule has 5 rings (SSSR count). The number of hydrogen-bond donors (Lipinski definition) is 2. The number of carbonyl (C=O) groups is 2. The number of ether oxygens (including phenoxy) is 5. The lowest BCUT2D eigenvalue weighted by atomic mass is 9.99. The summed E-state index contributed by atoms with van der Waals surface area (Å²) in [4.78, 5) is 24.0. The predicted molar refractivity (Wildman–Crippen MR) is 147 cm³/mol. The van der Waals surface area contributed by atoms with Gasteiger partial charge in [0.05, 0.1) is 26.0 Å². The molecule has 2 heterocycles. The van der Waals surface area contributed by atoms with E-state index < -0.39 is 11.9 Å². The van der Waals surface area contributed by atoms with Crippen LogP contribution in [0.25, 0.3) is 17.2 Å². The van der Waals surface area contributed by atoms with Crippen molar-refractivity contribution in [1.82, 2.24) is 0 Å². The molecule has 1 aliphatic heterocycles. The highest BCUT2D eigenvalue weighted by Crippen LogP contribution is 2.40. The zero-order valence-corrected chi connectivity index (χ0v) is 22.2. The number of aliphatic carboxylic acids is 1. The van der Waals surface area contributed by atoms with E-state index >= 15 is 0 Å². The predicted octanol–water partition coefficient (Wildman–Crippen LogP) is 5.68. The van der Waals surface area contributed by atoms with Gasteiger partial charge in [0.2, 0.25) is 6.79 Å². The van der Waals surface area contributed by atoms with Crippen molar-refractivity contribution in [1.29, 1.82) is 0 Å². The van der Waals surface area contributed by atoms with Crippen molar-refractivity contribution in [3.8, 4) is 39.9 Å². The van der Waals surface area contributed by atoms with Gasteiger partial charge in [-0.05, 0) is 36.4 Å². The first-order valence-electron chi connectivity index (χ1n) is 12.5. The van der Waals surface area contributed by atoms with Crippen molar-refractivity contribution < 1.29 is 47.9 Å². The smallest absolute Gasteiger partial charge is 0.336 e. The Morgan fingerprint density at radius 3 is 2.39 bits per heavy atom. The number of carboxylic acid groups (broad SMARTS) is 2. The SMILES string of the molecule is COc1ccc(-c2ccoc2/C=C(\Cc2cc3c(cc2OC)OCO3)C(=O)O)c(OCc2ccccc2C(=O)O)c1. The van der Waals surface area contributed by atoms with Crippen molar-refractivity contribution in [2.45, 2.75) is 13.0 Å². The van der Waals surface area contributed by atoms with Crippen LogP contribution in [0.1, 0.15) is 27.2 Å². The number of carboxylic acids is 2. The monoisotopic (exact) mass is 558 g/mol. The van der Waals surface area contributed by atoms with Gasteiger partial charge < -0.3 is 38.3 Å². The summed E-state index contributed by atoms with van der Waals surface area (Å²) >= 11 is 0. The van der Waals surface area contributed by atoms with Crippen molar-refractivity contribution in [3.63, 3.8) is 0 Å². The largest absolute Gasteiger partial charge is 0.497 e. The molecular weight excluding hydrogens is 532 g/mol. The summed E-state index contributed by atoms with van der Waals surface area (Å²) in [6.45, 7) is 0.0590. The summed E-state index contributed by atoms with van der Waals surface area (Å²) in [5.74, 6) is 0.524. The topological polar surface area (TPSA) is 134 Å². The zero-order valence-electron chi connectivity index (χ0n) is 22.2. The molecule has 41 heavy (non-hydrogen) atoms. The highest BCUT2D eigenvalue weighted by Gasteiger charge is 2.22. The summed E-state index contributed by atoms with van der Waals surface area (Å²) in [5, 5.41) is 19.6. The van der Waals surface area contributed by atoms with Gasteiger partial charge in [0, 0.05) is 46.4 Å². The zero-order chi connectivity index (χ0) is 28.9. The third kappa shape index (κ3) is 5.81. The maximum absolute atomic E-state index is 12.3. The highest BCUT2D eigenvalue weighted by molar-refractivity contribution is 5.94.